The van der Waals surface area contributed by atoms with Crippen LogP contribution in [0, 0.1) is 6.92 Å². The highest BCUT2D eigenvalue weighted by Crippen LogP contribution is 2.20. The van der Waals surface area contributed by atoms with Crippen molar-refractivity contribution in [1.29, 1.82) is 0 Å². The molecule has 0 amide bonds. The second kappa shape index (κ2) is 5.90. The van der Waals surface area contributed by atoms with Crippen LogP contribution < -0.4 is 10.5 Å². The molecule has 7 heteroatoms. The molecule has 5 nitrogen and oxygen atoms in total. The fourth-order valence-corrected chi connectivity index (χ4v) is 4.02. The number of thiazole rings is 1. The number of sulfonamides is 1. The van der Waals surface area contributed by atoms with E-state index in [-0.39, 0.29) is 11.4 Å². The summed E-state index contributed by atoms with van der Waals surface area (Å²) in [5, 5.41) is 0.914. The predicted molar refractivity (Wildman–Crippen MR) is 81.1 cm³/mol. The van der Waals surface area contributed by atoms with Gasteiger partial charge in [0.15, 0.2) is 0 Å². The first-order valence-electron chi connectivity index (χ1n) is 6.21. The summed E-state index contributed by atoms with van der Waals surface area (Å²) in [5.41, 5.74) is 6.89. The third kappa shape index (κ3) is 3.36. The molecule has 0 aliphatic rings. The van der Waals surface area contributed by atoms with Gasteiger partial charge in [-0.15, -0.1) is 11.3 Å². The van der Waals surface area contributed by atoms with Gasteiger partial charge in [0.25, 0.3) is 0 Å². The first-order chi connectivity index (χ1) is 9.42. The molecule has 0 spiro atoms. The monoisotopic (exact) mass is 311 g/mol. The quantitative estimate of drug-likeness (QED) is 0.828. The number of anilines is 1. The number of hydrogen-bond donors (Lipinski definition) is 2. The molecule has 0 saturated heterocycles. The summed E-state index contributed by atoms with van der Waals surface area (Å²) >= 11 is 1.47. The number of hydrogen-bond acceptors (Lipinski definition) is 5. The molecule has 108 valence electrons. The Hall–Kier alpha value is -1.44. The maximum Gasteiger partial charge on any atom is 0.241 e. The van der Waals surface area contributed by atoms with Gasteiger partial charge in [-0.1, -0.05) is 13.0 Å². The number of benzene rings is 1. The third-order valence-electron chi connectivity index (χ3n) is 2.87. The lowest BCUT2D eigenvalue weighted by Crippen LogP contribution is -2.24. The molecule has 0 aliphatic carbocycles. The number of aryl methyl sites for hydroxylation is 2. The van der Waals surface area contributed by atoms with Crippen LogP contribution in [0.25, 0.3) is 0 Å². The normalized spacial score (nSPS) is 11.7. The minimum Gasteiger partial charge on any atom is -0.399 e. The van der Waals surface area contributed by atoms with Gasteiger partial charge < -0.3 is 5.73 Å². The zero-order valence-electron chi connectivity index (χ0n) is 11.4. The second-order valence-corrected chi connectivity index (χ2v) is 7.45. The van der Waals surface area contributed by atoms with E-state index in [1.165, 1.54) is 17.4 Å². The molecule has 1 heterocycles. The average Bonchev–Trinajstić information content (AvgIpc) is 2.82. The highest BCUT2D eigenvalue weighted by Gasteiger charge is 2.18. The smallest absolute Gasteiger partial charge is 0.241 e. The van der Waals surface area contributed by atoms with Crippen LogP contribution in [0.5, 0.6) is 0 Å². The number of nitrogen functional groups attached to an aromatic ring is 1. The number of nitrogens with one attached hydrogen (secondary N) is 1. The van der Waals surface area contributed by atoms with E-state index in [1.807, 2.05) is 13.8 Å². The first-order valence-corrected chi connectivity index (χ1v) is 8.51. The van der Waals surface area contributed by atoms with Crippen LogP contribution in [0.2, 0.25) is 0 Å². The largest absolute Gasteiger partial charge is 0.399 e. The Kier molecular flexibility index (Phi) is 4.42. The fraction of sp³-hybridized carbons (Fsp3) is 0.308. The number of aromatic nitrogens is 1. The fourth-order valence-electron chi connectivity index (χ4n) is 1.84. The molecule has 20 heavy (non-hydrogen) atoms. The van der Waals surface area contributed by atoms with Crippen LogP contribution in [0.3, 0.4) is 0 Å². The lowest BCUT2D eigenvalue weighted by atomic mass is 10.1. The summed E-state index contributed by atoms with van der Waals surface area (Å²) in [7, 11) is -3.57. The molecule has 0 saturated carbocycles. The van der Waals surface area contributed by atoms with Crippen LogP contribution in [-0.2, 0) is 23.0 Å². The second-order valence-electron chi connectivity index (χ2n) is 4.39. The van der Waals surface area contributed by atoms with E-state index in [1.54, 1.807) is 18.3 Å². The molecule has 0 fully saturated rings. The van der Waals surface area contributed by atoms with Gasteiger partial charge in [0.05, 0.1) is 9.90 Å². The summed E-state index contributed by atoms with van der Waals surface area (Å²) < 4.78 is 27.3. The molecule has 2 aromatic rings. The van der Waals surface area contributed by atoms with Gasteiger partial charge in [0.1, 0.15) is 0 Å². The van der Waals surface area contributed by atoms with Gasteiger partial charge in [0, 0.05) is 23.3 Å². The standard InChI is InChI=1S/C13H17N3O2S2/c1-3-10-4-5-11(14)6-13(10)20(17,18)16-8-12-7-15-9(2)19-12/h4-7,16H,3,8,14H2,1-2H3. The van der Waals surface area contributed by atoms with E-state index >= 15 is 0 Å². The Morgan fingerprint density at radius 1 is 1.40 bits per heavy atom. The van der Waals surface area contributed by atoms with Crippen molar-refractivity contribution < 1.29 is 8.42 Å². The first kappa shape index (κ1) is 15.0. The van der Waals surface area contributed by atoms with E-state index in [0.717, 1.165) is 15.4 Å². The molecule has 0 bridgehead atoms. The molecule has 0 unspecified atom stereocenters. The van der Waals surface area contributed by atoms with Gasteiger partial charge >= 0.3 is 0 Å². The molecule has 3 N–H and O–H groups in total. The molecule has 0 radical (unpaired) electrons. The topological polar surface area (TPSA) is 85.1 Å². The Morgan fingerprint density at radius 2 is 2.15 bits per heavy atom. The van der Waals surface area contributed by atoms with Gasteiger partial charge in [-0.05, 0) is 31.0 Å². The Bertz CT molecular complexity index is 708. The van der Waals surface area contributed by atoms with Crippen LogP contribution in [0.4, 0.5) is 5.69 Å². The predicted octanol–water partition coefficient (Wildman–Crippen LogP) is 2.07. The van der Waals surface area contributed by atoms with Crippen LogP contribution >= 0.6 is 11.3 Å². The SMILES string of the molecule is CCc1ccc(N)cc1S(=O)(=O)NCc1cnc(C)s1. The number of nitrogens with two attached hydrogens (primary N) is 1. The van der Waals surface area contributed by atoms with Crippen LogP contribution in [0.15, 0.2) is 29.3 Å². The van der Waals surface area contributed by atoms with Crippen molar-refractivity contribution in [2.45, 2.75) is 31.7 Å². The molecule has 0 atom stereocenters. The van der Waals surface area contributed by atoms with Crippen molar-refractivity contribution in [3.8, 4) is 0 Å². The Labute approximate surface area is 122 Å². The van der Waals surface area contributed by atoms with E-state index in [0.29, 0.717) is 12.1 Å². The van der Waals surface area contributed by atoms with E-state index in [9.17, 15) is 8.42 Å². The van der Waals surface area contributed by atoms with Crippen molar-refractivity contribution in [1.82, 2.24) is 9.71 Å². The molecule has 0 aliphatic heterocycles. The van der Waals surface area contributed by atoms with E-state index in [4.69, 9.17) is 5.73 Å². The maximum absolute atomic E-state index is 12.4. The summed E-state index contributed by atoms with van der Waals surface area (Å²) in [4.78, 5) is 5.24. The summed E-state index contributed by atoms with van der Waals surface area (Å²) in [6, 6.07) is 4.96. The van der Waals surface area contributed by atoms with Gasteiger partial charge in [-0.3, -0.25) is 0 Å². The highest BCUT2D eigenvalue weighted by atomic mass is 32.2. The Balaban J connectivity index is 2.24. The van der Waals surface area contributed by atoms with E-state index < -0.39 is 10.0 Å². The van der Waals surface area contributed by atoms with Crippen molar-refractivity contribution in [2.75, 3.05) is 5.73 Å². The number of rotatable bonds is 5. The molecule has 1 aromatic heterocycles. The zero-order valence-corrected chi connectivity index (χ0v) is 13.0. The summed E-state index contributed by atoms with van der Waals surface area (Å²) in [6.45, 7) is 4.04. The summed E-state index contributed by atoms with van der Waals surface area (Å²) in [5.74, 6) is 0. The van der Waals surface area contributed by atoms with Gasteiger partial charge in [-0.2, -0.15) is 0 Å². The average molecular weight is 311 g/mol. The molecule has 2 rings (SSSR count). The minimum atomic E-state index is -3.57. The molecular weight excluding hydrogens is 294 g/mol. The third-order valence-corrected chi connectivity index (χ3v) is 5.26. The molecule has 1 aromatic carbocycles. The van der Waals surface area contributed by atoms with Crippen molar-refractivity contribution in [2.24, 2.45) is 0 Å². The van der Waals surface area contributed by atoms with Gasteiger partial charge in [-0.25, -0.2) is 18.1 Å². The van der Waals surface area contributed by atoms with Gasteiger partial charge in [0.2, 0.25) is 10.0 Å². The minimum absolute atomic E-state index is 0.242. The van der Waals surface area contributed by atoms with E-state index in [2.05, 4.69) is 9.71 Å². The maximum atomic E-state index is 12.4. The van der Waals surface area contributed by atoms with Crippen LogP contribution in [0.1, 0.15) is 22.4 Å². The van der Waals surface area contributed by atoms with Crippen molar-refractivity contribution >= 4 is 27.0 Å². The molecular formula is C13H17N3O2S2. The van der Waals surface area contributed by atoms with Crippen molar-refractivity contribution in [3.63, 3.8) is 0 Å². The highest BCUT2D eigenvalue weighted by molar-refractivity contribution is 7.89. The summed E-state index contributed by atoms with van der Waals surface area (Å²) in [6.07, 6.45) is 2.32. The zero-order chi connectivity index (χ0) is 14.8. The van der Waals surface area contributed by atoms with Crippen LogP contribution in [-0.4, -0.2) is 13.4 Å². The lowest BCUT2D eigenvalue weighted by molar-refractivity contribution is 0.580. The number of nitrogens with zero attached hydrogens (tertiary/aromatic N) is 1. The van der Waals surface area contributed by atoms with Crippen molar-refractivity contribution in [3.05, 3.63) is 39.8 Å². The Morgan fingerprint density at radius 3 is 2.75 bits per heavy atom. The lowest BCUT2D eigenvalue weighted by Gasteiger charge is -2.10.